The second kappa shape index (κ2) is 9.22. The Morgan fingerprint density at radius 3 is 2.45 bits per heavy atom. The van der Waals surface area contributed by atoms with Crippen LogP contribution in [0.1, 0.15) is 16.7 Å². The van der Waals surface area contributed by atoms with Crippen LogP contribution in [0.3, 0.4) is 0 Å². The fourth-order valence-electron chi connectivity index (χ4n) is 3.81. The zero-order valence-corrected chi connectivity index (χ0v) is 17.9. The SMILES string of the molecule is Cc1ccc(C(O)(CNC(=O)CNC=O)c2ccc(-c3ccnc4[nH]cc(F)c34)cc2)cc1. The van der Waals surface area contributed by atoms with Crippen LogP contribution in [0.25, 0.3) is 22.2 Å². The highest BCUT2D eigenvalue weighted by Gasteiger charge is 2.32. The van der Waals surface area contributed by atoms with Gasteiger partial charge in [0, 0.05) is 12.4 Å². The van der Waals surface area contributed by atoms with Gasteiger partial charge in [0.25, 0.3) is 0 Å². The molecule has 0 saturated heterocycles. The Hall–Kier alpha value is -4.04. The predicted molar refractivity (Wildman–Crippen MR) is 123 cm³/mol. The quantitative estimate of drug-likeness (QED) is 0.312. The number of benzene rings is 2. The van der Waals surface area contributed by atoms with Gasteiger partial charge in [-0.1, -0.05) is 54.1 Å². The van der Waals surface area contributed by atoms with Crippen LogP contribution in [0.15, 0.2) is 67.0 Å². The summed E-state index contributed by atoms with van der Waals surface area (Å²) >= 11 is 0. The highest BCUT2D eigenvalue weighted by molar-refractivity contribution is 5.93. The van der Waals surface area contributed by atoms with E-state index in [1.165, 1.54) is 6.20 Å². The van der Waals surface area contributed by atoms with Crippen LogP contribution < -0.4 is 10.6 Å². The highest BCUT2D eigenvalue weighted by atomic mass is 19.1. The van der Waals surface area contributed by atoms with Crippen molar-refractivity contribution in [1.82, 2.24) is 20.6 Å². The molecule has 2 aromatic carbocycles. The third-order valence-corrected chi connectivity index (χ3v) is 5.62. The molecule has 0 saturated carbocycles. The van der Waals surface area contributed by atoms with Gasteiger partial charge in [-0.3, -0.25) is 9.59 Å². The number of aliphatic hydroxyl groups is 1. The van der Waals surface area contributed by atoms with Gasteiger partial charge in [0.1, 0.15) is 11.2 Å². The van der Waals surface area contributed by atoms with Gasteiger partial charge < -0.3 is 20.7 Å². The number of rotatable bonds is 8. The number of aromatic nitrogens is 2. The molecule has 0 radical (unpaired) electrons. The fourth-order valence-corrected chi connectivity index (χ4v) is 3.81. The minimum Gasteiger partial charge on any atom is -0.379 e. The first kappa shape index (κ1) is 22.2. The Labute approximate surface area is 189 Å². The van der Waals surface area contributed by atoms with Crippen molar-refractivity contribution in [2.24, 2.45) is 0 Å². The van der Waals surface area contributed by atoms with E-state index in [-0.39, 0.29) is 18.9 Å². The number of carbonyl (C=O) groups excluding carboxylic acids is 2. The van der Waals surface area contributed by atoms with Crippen molar-refractivity contribution in [3.05, 3.63) is 89.5 Å². The van der Waals surface area contributed by atoms with Gasteiger partial charge in [-0.2, -0.15) is 0 Å². The zero-order valence-electron chi connectivity index (χ0n) is 17.9. The number of hydrogen-bond donors (Lipinski definition) is 4. The lowest BCUT2D eigenvalue weighted by atomic mass is 9.85. The van der Waals surface area contributed by atoms with Gasteiger partial charge in [-0.05, 0) is 35.2 Å². The molecular weight excluding hydrogens is 423 g/mol. The second-order valence-corrected chi connectivity index (χ2v) is 7.80. The Balaban J connectivity index is 1.69. The normalized spacial score (nSPS) is 12.8. The predicted octanol–water partition coefficient (Wildman–Crippen LogP) is 2.78. The van der Waals surface area contributed by atoms with E-state index in [4.69, 9.17) is 0 Å². The summed E-state index contributed by atoms with van der Waals surface area (Å²) in [6.45, 7) is 1.66. The van der Waals surface area contributed by atoms with E-state index in [0.29, 0.717) is 34.1 Å². The van der Waals surface area contributed by atoms with Gasteiger partial charge in [0.15, 0.2) is 5.82 Å². The molecule has 7 nitrogen and oxygen atoms in total. The molecule has 0 bridgehead atoms. The number of nitrogens with one attached hydrogen (secondary N) is 3. The van der Waals surface area contributed by atoms with E-state index in [0.717, 1.165) is 11.1 Å². The molecule has 8 heteroatoms. The molecule has 2 aromatic heterocycles. The van der Waals surface area contributed by atoms with Crippen molar-refractivity contribution in [2.45, 2.75) is 12.5 Å². The lowest BCUT2D eigenvalue weighted by Crippen LogP contribution is -2.44. The lowest BCUT2D eigenvalue weighted by molar-refractivity contribution is -0.122. The summed E-state index contributed by atoms with van der Waals surface area (Å²) in [5.74, 6) is -0.814. The van der Waals surface area contributed by atoms with E-state index < -0.39 is 11.5 Å². The number of nitrogens with zero attached hydrogens (tertiary/aromatic N) is 1. The first-order valence-electron chi connectivity index (χ1n) is 10.4. The zero-order chi connectivity index (χ0) is 23.4. The summed E-state index contributed by atoms with van der Waals surface area (Å²) in [5.41, 5.74) is 2.57. The van der Waals surface area contributed by atoms with Crippen LogP contribution in [-0.2, 0) is 15.2 Å². The lowest BCUT2D eigenvalue weighted by Gasteiger charge is -2.30. The van der Waals surface area contributed by atoms with E-state index in [1.54, 1.807) is 48.7 Å². The molecule has 1 unspecified atom stereocenters. The average molecular weight is 446 g/mol. The van der Waals surface area contributed by atoms with Crippen LogP contribution in [0.5, 0.6) is 0 Å². The molecule has 168 valence electrons. The van der Waals surface area contributed by atoms with Crippen molar-refractivity contribution in [3.63, 3.8) is 0 Å². The molecule has 1 atom stereocenters. The largest absolute Gasteiger partial charge is 0.379 e. The molecule has 0 fully saturated rings. The molecule has 4 aromatic rings. The van der Waals surface area contributed by atoms with Crippen molar-refractivity contribution < 1.29 is 19.1 Å². The molecule has 4 N–H and O–H groups in total. The topological polar surface area (TPSA) is 107 Å². The van der Waals surface area contributed by atoms with E-state index in [1.807, 2.05) is 19.1 Å². The number of halogens is 1. The first-order valence-corrected chi connectivity index (χ1v) is 10.4. The minimum atomic E-state index is -1.52. The highest BCUT2D eigenvalue weighted by Crippen LogP contribution is 2.33. The third-order valence-electron chi connectivity index (χ3n) is 5.62. The molecule has 33 heavy (non-hydrogen) atoms. The summed E-state index contributed by atoms with van der Waals surface area (Å²) in [6, 6.07) is 16.2. The van der Waals surface area contributed by atoms with Gasteiger partial charge >= 0.3 is 0 Å². The van der Waals surface area contributed by atoms with E-state index >= 15 is 0 Å². The van der Waals surface area contributed by atoms with Crippen LogP contribution in [-0.4, -0.2) is 40.5 Å². The third kappa shape index (κ3) is 4.47. The first-order chi connectivity index (χ1) is 15.9. The van der Waals surface area contributed by atoms with Crippen LogP contribution in [0.2, 0.25) is 0 Å². The van der Waals surface area contributed by atoms with E-state index in [2.05, 4.69) is 20.6 Å². The Kier molecular flexibility index (Phi) is 6.19. The summed E-state index contributed by atoms with van der Waals surface area (Å²) in [6.07, 6.45) is 3.31. The number of hydrogen-bond acceptors (Lipinski definition) is 4. The maximum absolute atomic E-state index is 14.3. The molecule has 2 heterocycles. The number of amides is 2. The van der Waals surface area contributed by atoms with Gasteiger partial charge in [-0.25, -0.2) is 9.37 Å². The molecule has 0 spiro atoms. The number of aromatic amines is 1. The van der Waals surface area contributed by atoms with Crippen LogP contribution in [0.4, 0.5) is 4.39 Å². The van der Waals surface area contributed by atoms with Crippen molar-refractivity contribution in [1.29, 1.82) is 0 Å². The number of aryl methyl sites for hydroxylation is 1. The molecule has 0 aliphatic carbocycles. The molecule has 0 aliphatic rings. The van der Waals surface area contributed by atoms with Gasteiger partial charge in [0.05, 0.1) is 18.5 Å². The molecule has 0 aliphatic heterocycles. The Morgan fingerprint density at radius 2 is 1.79 bits per heavy atom. The number of fused-ring (bicyclic) bond motifs is 1. The summed E-state index contributed by atoms with van der Waals surface area (Å²) in [5, 5.41) is 17.1. The minimum absolute atomic E-state index is 0.0965. The van der Waals surface area contributed by atoms with Gasteiger partial charge in [-0.15, -0.1) is 0 Å². The molecule has 2 amide bonds. The average Bonchev–Trinajstić information content (AvgIpc) is 3.22. The number of H-pyrrole nitrogens is 1. The van der Waals surface area contributed by atoms with E-state index in [9.17, 15) is 19.1 Å². The second-order valence-electron chi connectivity index (χ2n) is 7.80. The summed E-state index contributed by atoms with van der Waals surface area (Å²) in [7, 11) is 0. The van der Waals surface area contributed by atoms with Gasteiger partial charge in [0.2, 0.25) is 12.3 Å². The standard InChI is InChI=1S/C25H23FN4O3/c1-16-2-6-18(7-3-16)25(33,14-30-22(32)13-27-15-31)19-8-4-17(5-9-19)20-10-11-28-24-23(20)21(26)12-29-24/h2-12,15,33H,13-14H2,1H3,(H,27,31)(H,28,29)(H,30,32). The maximum Gasteiger partial charge on any atom is 0.239 e. The fraction of sp³-hybridized carbons (Fsp3) is 0.160. The summed E-state index contributed by atoms with van der Waals surface area (Å²) in [4.78, 5) is 29.5. The Bertz CT molecular complexity index is 1290. The maximum atomic E-state index is 14.3. The number of carbonyl (C=O) groups is 2. The van der Waals surface area contributed by atoms with Crippen LogP contribution in [0, 0.1) is 12.7 Å². The monoisotopic (exact) mass is 446 g/mol. The molecular formula is C25H23FN4O3. The smallest absolute Gasteiger partial charge is 0.239 e. The van der Waals surface area contributed by atoms with Crippen molar-refractivity contribution in [3.8, 4) is 11.1 Å². The summed E-state index contributed by atoms with van der Waals surface area (Å²) < 4.78 is 14.3. The van der Waals surface area contributed by atoms with Crippen molar-refractivity contribution >= 4 is 23.4 Å². The van der Waals surface area contributed by atoms with Crippen molar-refractivity contribution in [2.75, 3.05) is 13.1 Å². The van der Waals surface area contributed by atoms with Crippen LogP contribution >= 0.6 is 0 Å². The Morgan fingerprint density at radius 1 is 1.12 bits per heavy atom. The molecule has 4 rings (SSSR count). The number of pyridine rings is 1.